The van der Waals surface area contributed by atoms with Crippen molar-refractivity contribution in [2.45, 2.75) is 5.50 Å². The van der Waals surface area contributed by atoms with Crippen LogP contribution in [0.3, 0.4) is 0 Å². The van der Waals surface area contributed by atoms with Crippen LogP contribution >= 0.6 is 11.8 Å². The highest BCUT2D eigenvalue weighted by molar-refractivity contribution is 8.00. The fourth-order valence-electron chi connectivity index (χ4n) is 0.810. The van der Waals surface area contributed by atoms with Gasteiger partial charge in [0.25, 0.3) is 0 Å². The molecule has 1 unspecified atom stereocenters. The molecule has 0 saturated carbocycles. The molecular formula is C6H10N2S. The standard InChI is InChI=1S/C6H10N2S/c1-2-3-8-4-5-9-6(8)7/h1,6H,3-5,7H2. The van der Waals surface area contributed by atoms with E-state index in [0.717, 1.165) is 12.3 Å². The van der Waals surface area contributed by atoms with Gasteiger partial charge in [-0.1, -0.05) is 5.92 Å². The van der Waals surface area contributed by atoms with E-state index in [0.29, 0.717) is 6.54 Å². The highest BCUT2D eigenvalue weighted by atomic mass is 32.2. The first kappa shape index (κ1) is 6.94. The summed E-state index contributed by atoms with van der Waals surface area (Å²) < 4.78 is 0. The third-order valence-electron chi connectivity index (χ3n) is 1.32. The zero-order chi connectivity index (χ0) is 6.69. The first-order valence-electron chi connectivity index (χ1n) is 2.89. The molecule has 1 saturated heterocycles. The molecule has 0 spiro atoms. The van der Waals surface area contributed by atoms with E-state index in [2.05, 4.69) is 10.8 Å². The highest BCUT2D eigenvalue weighted by Crippen LogP contribution is 2.17. The molecule has 0 radical (unpaired) electrons. The van der Waals surface area contributed by atoms with Crippen molar-refractivity contribution in [1.82, 2.24) is 4.90 Å². The molecule has 9 heavy (non-hydrogen) atoms. The quantitative estimate of drug-likeness (QED) is 0.519. The predicted molar refractivity (Wildman–Crippen MR) is 40.8 cm³/mol. The fourth-order valence-corrected chi connectivity index (χ4v) is 1.78. The Morgan fingerprint density at radius 3 is 3.11 bits per heavy atom. The van der Waals surface area contributed by atoms with Crippen molar-refractivity contribution in [2.24, 2.45) is 5.73 Å². The van der Waals surface area contributed by atoms with E-state index in [1.54, 1.807) is 11.8 Å². The van der Waals surface area contributed by atoms with Gasteiger partial charge in [0.05, 0.1) is 6.54 Å². The van der Waals surface area contributed by atoms with Crippen molar-refractivity contribution >= 4 is 11.8 Å². The second-order valence-electron chi connectivity index (χ2n) is 1.94. The summed E-state index contributed by atoms with van der Waals surface area (Å²) in [7, 11) is 0. The Hall–Kier alpha value is -0.170. The number of thioether (sulfide) groups is 1. The van der Waals surface area contributed by atoms with E-state index in [-0.39, 0.29) is 5.50 Å². The maximum absolute atomic E-state index is 5.66. The molecule has 0 aromatic rings. The van der Waals surface area contributed by atoms with Gasteiger partial charge in [-0.25, -0.2) is 0 Å². The normalized spacial score (nSPS) is 28.2. The number of hydrogen-bond donors (Lipinski definition) is 1. The molecule has 50 valence electrons. The minimum atomic E-state index is 0.140. The molecule has 0 aromatic carbocycles. The van der Waals surface area contributed by atoms with E-state index >= 15 is 0 Å². The first-order chi connectivity index (χ1) is 4.34. The summed E-state index contributed by atoms with van der Waals surface area (Å²) in [6.45, 7) is 1.73. The Labute approximate surface area is 59.8 Å². The van der Waals surface area contributed by atoms with Crippen LogP contribution in [0.4, 0.5) is 0 Å². The van der Waals surface area contributed by atoms with Gasteiger partial charge in [-0.3, -0.25) is 4.90 Å². The van der Waals surface area contributed by atoms with E-state index in [1.165, 1.54) is 0 Å². The van der Waals surface area contributed by atoms with Gasteiger partial charge in [-0.2, -0.15) is 0 Å². The maximum atomic E-state index is 5.66. The van der Waals surface area contributed by atoms with Gasteiger partial charge in [-0.15, -0.1) is 18.2 Å². The lowest BCUT2D eigenvalue weighted by Gasteiger charge is -2.15. The molecule has 2 N–H and O–H groups in total. The van der Waals surface area contributed by atoms with Crippen LogP contribution < -0.4 is 5.73 Å². The smallest absolute Gasteiger partial charge is 0.106 e. The van der Waals surface area contributed by atoms with Gasteiger partial charge in [0, 0.05) is 12.3 Å². The van der Waals surface area contributed by atoms with Crippen LogP contribution in [0.1, 0.15) is 0 Å². The Balaban J connectivity index is 2.33. The largest absolute Gasteiger partial charge is 0.307 e. The number of hydrogen-bond acceptors (Lipinski definition) is 3. The minimum Gasteiger partial charge on any atom is -0.307 e. The van der Waals surface area contributed by atoms with Crippen molar-refractivity contribution in [3.05, 3.63) is 0 Å². The van der Waals surface area contributed by atoms with Crippen molar-refractivity contribution in [1.29, 1.82) is 0 Å². The van der Waals surface area contributed by atoms with Gasteiger partial charge >= 0.3 is 0 Å². The second-order valence-corrected chi connectivity index (χ2v) is 3.16. The average molecular weight is 142 g/mol. The first-order valence-corrected chi connectivity index (χ1v) is 3.94. The Kier molecular flexibility index (Phi) is 2.40. The maximum Gasteiger partial charge on any atom is 0.106 e. The van der Waals surface area contributed by atoms with Crippen LogP contribution in [0, 0.1) is 12.3 Å². The fraction of sp³-hybridized carbons (Fsp3) is 0.667. The van der Waals surface area contributed by atoms with Crippen LogP contribution in [0.15, 0.2) is 0 Å². The molecular weight excluding hydrogens is 132 g/mol. The van der Waals surface area contributed by atoms with Crippen LogP contribution in [0.5, 0.6) is 0 Å². The summed E-state index contributed by atoms with van der Waals surface area (Å²) in [4.78, 5) is 2.09. The molecule has 0 amide bonds. The third-order valence-corrected chi connectivity index (χ3v) is 2.38. The molecule has 1 aliphatic rings. The minimum absolute atomic E-state index is 0.140. The van der Waals surface area contributed by atoms with Gasteiger partial charge in [0.15, 0.2) is 0 Å². The molecule has 1 atom stereocenters. The molecule has 0 aliphatic carbocycles. The van der Waals surface area contributed by atoms with E-state index in [9.17, 15) is 0 Å². The van der Waals surface area contributed by atoms with Crippen molar-refractivity contribution < 1.29 is 0 Å². The molecule has 1 rings (SSSR count). The third kappa shape index (κ3) is 1.62. The lowest BCUT2D eigenvalue weighted by Crippen LogP contribution is -2.34. The Bertz CT molecular complexity index is 130. The lowest BCUT2D eigenvalue weighted by molar-refractivity contribution is 0.328. The predicted octanol–water partition coefficient (Wildman–Crippen LogP) is -0.0893. The van der Waals surface area contributed by atoms with Crippen LogP contribution in [-0.2, 0) is 0 Å². The number of nitrogens with zero attached hydrogens (tertiary/aromatic N) is 1. The van der Waals surface area contributed by atoms with E-state index in [1.807, 2.05) is 0 Å². The number of rotatable bonds is 1. The van der Waals surface area contributed by atoms with Gasteiger partial charge < -0.3 is 5.73 Å². The molecule has 0 bridgehead atoms. The zero-order valence-corrected chi connectivity index (χ0v) is 6.03. The van der Waals surface area contributed by atoms with Gasteiger partial charge in [0.2, 0.25) is 0 Å². The van der Waals surface area contributed by atoms with E-state index < -0.39 is 0 Å². The molecule has 1 fully saturated rings. The topological polar surface area (TPSA) is 29.3 Å². The Morgan fingerprint density at radius 2 is 2.67 bits per heavy atom. The van der Waals surface area contributed by atoms with Crippen LogP contribution in [0.25, 0.3) is 0 Å². The van der Waals surface area contributed by atoms with Crippen molar-refractivity contribution in [2.75, 3.05) is 18.8 Å². The number of terminal acetylenes is 1. The lowest BCUT2D eigenvalue weighted by atomic mass is 10.5. The van der Waals surface area contributed by atoms with Gasteiger partial charge in [-0.05, 0) is 0 Å². The Morgan fingerprint density at radius 1 is 1.89 bits per heavy atom. The summed E-state index contributed by atoms with van der Waals surface area (Å²) >= 11 is 1.75. The second kappa shape index (κ2) is 3.11. The molecule has 1 heterocycles. The SMILES string of the molecule is C#CCN1CCSC1N. The summed E-state index contributed by atoms with van der Waals surface area (Å²) in [5.41, 5.74) is 5.80. The summed E-state index contributed by atoms with van der Waals surface area (Å²) in [5.74, 6) is 3.69. The van der Waals surface area contributed by atoms with Crippen LogP contribution in [0.2, 0.25) is 0 Å². The van der Waals surface area contributed by atoms with Crippen LogP contribution in [-0.4, -0.2) is 29.2 Å². The van der Waals surface area contributed by atoms with E-state index in [4.69, 9.17) is 12.2 Å². The average Bonchev–Trinajstić information content (AvgIpc) is 2.18. The monoisotopic (exact) mass is 142 g/mol. The molecule has 2 nitrogen and oxygen atoms in total. The summed E-state index contributed by atoms with van der Waals surface area (Å²) in [6, 6.07) is 0. The van der Waals surface area contributed by atoms with Gasteiger partial charge in [0.1, 0.15) is 5.50 Å². The van der Waals surface area contributed by atoms with Crippen molar-refractivity contribution in [3.63, 3.8) is 0 Å². The molecule has 1 aliphatic heterocycles. The summed E-state index contributed by atoms with van der Waals surface area (Å²) in [5, 5.41) is 0. The molecule has 0 aromatic heterocycles. The highest BCUT2D eigenvalue weighted by Gasteiger charge is 2.19. The molecule has 3 heteroatoms. The zero-order valence-electron chi connectivity index (χ0n) is 5.21. The summed E-state index contributed by atoms with van der Waals surface area (Å²) in [6.07, 6.45) is 5.11. The number of nitrogens with two attached hydrogens (primary N) is 1. The van der Waals surface area contributed by atoms with Crippen molar-refractivity contribution in [3.8, 4) is 12.3 Å².